The van der Waals surface area contributed by atoms with Gasteiger partial charge in [-0.15, -0.1) is 0 Å². The molecule has 106 valence electrons. The van der Waals surface area contributed by atoms with Crippen LogP contribution in [-0.4, -0.2) is 32.4 Å². The number of nitrogen functional groups attached to an aromatic ring is 1. The van der Waals surface area contributed by atoms with E-state index < -0.39 is 0 Å². The molecule has 0 unspecified atom stereocenters. The fraction of sp³-hybridized carbons (Fsp3) is 0.462. The zero-order valence-electron chi connectivity index (χ0n) is 11.4. The van der Waals surface area contributed by atoms with Crippen molar-refractivity contribution in [2.45, 2.75) is 25.2 Å². The monoisotopic (exact) mass is 274 g/mol. The number of hydrogen-bond acceptors (Lipinski definition) is 4. The minimum atomic E-state index is -0.227. The highest BCUT2D eigenvalue weighted by atomic mass is 16.1. The number of aromatic amines is 1. The third kappa shape index (κ3) is 2.52. The van der Waals surface area contributed by atoms with Crippen molar-refractivity contribution in [2.75, 3.05) is 12.3 Å². The molecular weight excluding hydrogens is 256 g/mol. The van der Waals surface area contributed by atoms with Crippen LogP contribution in [-0.2, 0) is 13.5 Å². The summed E-state index contributed by atoms with van der Waals surface area (Å²) in [6, 6.07) is 0. The Hall–Kier alpha value is -2.31. The van der Waals surface area contributed by atoms with E-state index in [-0.39, 0.29) is 5.91 Å². The number of anilines is 1. The number of nitrogens with one attached hydrogen (secondary N) is 2. The summed E-state index contributed by atoms with van der Waals surface area (Å²) in [5, 5.41) is 13.8. The molecule has 0 bridgehead atoms. The first-order valence-electron chi connectivity index (χ1n) is 6.74. The lowest BCUT2D eigenvalue weighted by Crippen LogP contribution is -2.26. The van der Waals surface area contributed by atoms with Gasteiger partial charge in [0.1, 0.15) is 0 Å². The van der Waals surface area contributed by atoms with Gasteiger partial charge in [0.05, 0.1) is 17.6 Å². The Morgan fingerprint density at radius 3 is 3.05 bits per heavy atom. The number of amides is 1. The maximum Gasteiger partial charge on any atom is 0.273 e. The van der Waals surface area contributed by atoms with Gasteiger partial charge in [0.25, 0.3) is 5.91 Å². The first-order valence-corrected chi connectivity index (χ1v) is 6.74. The predicted molar refractivity (Wildman–Crippen MR) is 74.2 cm³/mol. The van der Waals surface area contributed by atoms with E-state index in [1.54, 1.807) is 10.9 Å². The van der Waals surface area contributed by atoms with Gasteiger partial charge in [-0.1, -0.05) is 0 Å². The number of carbonyl (C=O) groups excluding carboxylic acids is 1. The molecule has 0 aliphatic heterocycles. The third-order valence-electron chi connectivity index (χ3n) is 3.49. The van der Waals surface area contributed by atoms with E-state index in [1.165, 1.54) is 0 Å². The molecule has 0 aromatic carbocycles. The molecular formula is C13H18N6O. The van der Waals surface area contributed by atoms with Crippen LogP contribution >= 0.6 is 0 Å². The molecule has 7 nitrogen and oxygen atoms in total. The van der Waals surface area contributed by atoms with Gasteiger partial charge < -0.3 is 11.1 Å². The summed E-state index contributed by atoms with van der Waals surface area (Å²) in [6.45, 7) is 0.537. The van der Waals surface area contributed by atoms with Crippen molar-refractivity contribution in [3.05, 3.63) is 29.3 Å². The highest BCUT2D eigenvalue weighted by Crippen LogP contribution is 2.42. The van der Waals surface area contributed by atoms with E-state index in [1.807, 2.05) is 13.2 Å². The van der Waals surface area contributed by atoms with Crippen LogP contribution in [0.3, 0.4) is 0 Å². The number of aromatic nitrogens is 4. The van der Waals surface area contributed by atoms with Crippen LogP contribution in [0, 0.1) is 0 Å². The second-order valence-electron chi connectivity index (χ2n) is 5.20. The third-order valence-corrected chi connectivity index (χ3v) is 3.49. The van der Waals surface area contributed by atoms with Gasteiger partial charge in [-0.3, -0.25) is 14.6 Å². The molecule has 1 fully saturated rings. The molecule has 7 heteroatoms. The molecule has 1 aliphatic carbocycles. The molecule has 20 heavy (non-hydrogen) atoms. The van der Waals surface area contributed by atoms with Gasteiger partial charge in [0, 0.05) is 25.7 Å². The van der Waals surface area contributed by atoms with Crippen LogP contribution in [0.5, 0.6) is 0 Å². The molecule has 1 aliphatic rings. The topological polar surface area (TPSA) is 102 Å². The average Bonchev–Trinajstić information content (AvgIpc) is 3.07. The molecule has 2 aromatic heterocycles. The quantitative estimate of drug-likeness (QED) is 0.742. The minimum Gasteiger partial charge on any atom is -0.395 e. The molecule has 1 amide bonds. The summed E-state index contributed by atoms with van der Waals surface area (Å²) >= 11 is 0. The van der Waals surface area contributed by atoms with Crippen LogP contribution in [0.1, 0.15) is 40.5 Å². The lowest BCUT2D eigenvalue weighted by molar-refractivity contribution is 0.0950. The van der Waals surface area contributed by atoms with Crippen molar-refractivity contribution in [3.8, 4) is 0 Å². The highest BCUT2D eigenvalue weighted by Gasteiger charge is 2.30. The number of H-pyrrole nitrogens is 1. The SMILES string of the molecule is Cn1cc(CCNC(=O)c2n[nH]c(C3CC3)c2N)cn1. The Bertz CT molecular complexity index is 625. The summed E-state index contributed by atoms with van der Waals surface area (Å²) in [7, 11) is 1.87. The molecule has 0 radical (unpaired) electrons. The fourth-order valence-electron chi connectivity index (χ4n) is 2.23. The second kappa shape index (κ2) is 4.99. The summed E-state index contributed by atoms with van der Waals surface area (Å²) in [5.74, 6) is 0.231. The Balaban J connectivity index is 1.56. The van der Waals surface area contributed by atoms with Crippen LogP contribution in [0.15, 0.2) is 12.4 Å². The van der Waals surface area contributed by atoms with Crippen molar-refractivity contribution in [1.82, 2.24) is 25.3 Å². The van der Waals surface area contributed by atoms with Crippen molar-refractivity contribution in [2.24, 2.45) is 7.05 Å². The van der Waals surface area contributed by atoms with Crippen LogP contribution in [0.2, 0.25) is 0 Å². The van der Waals surface area contributed by atoms with E-state index in [9.17, 15) is 4.79 Å². The molecule has 0 spiro atoms. The van der Waals surface area contributed by atoms with Gasteiger partial charge in [0.2, 0.25) is 0 Å². The Morgan fingerprint density at radius 1 is 1.60 bits per heavy atom. The largest absolute Gasteiger partial charge is 0.395 e. The minimum absolute atomic E-state index is 0.227. The van der Waals surface area contributed by atoms with Crippen molar-refractivity contribution in [3.63, 3.8) is 0 Å². The van der Waals surface area contributed by atoms with Crippen LogP contribution < -0.4 is 11.1 Å². The normalized spacial score (nSPS) is 14.4. The van der Waals surface area contributed by atoms with E-state index in [2.05, 4.69) is 20.6 Å². The summed E-state index contributed by atoms with van der Waals surface area (Å²) in [6.07, 6.45) is 6.70. The highest BCUT2D eigenvalue weighted by molar-refractivity contribution is 5.97. The molecule has 2 heterocycles. The maximum absolute atomic E-state index is 12.0. The number of nitrogens with zero attached hydrogens (tertiary/aromatic N) is 3. The molecule has 0 saturated heterocycles. The standard InChI is InChI=1S/C13H18N6O/c1-19-7-8(6-16-19)4-5-15-13(20)12-10(14)11(17-18-12)9-2-3-9/h6-7,9H,2-5,14H2,1H3,(H,15,20)(H,17,18). The molecule has 1 saturated carbocycles. The lowest BCUT2D eigenvalue weighted by atomic mass is 10.2. The summed E-state index contributed by atoms with van der Waals surface area (Å²) < 4.78 is 1.74. The number of carbonyl (C=O) groups is 1. The lowest BCUT2D eigenvalue weighted by Gasteiger charge is -2.02. The Morgan fingerprint density at radius 2 is 2.40 bits per heavy atom. The Labute approximate surface area is 116 Å². The number of nitrogens with two attached hydrogens (primary N) is 1. The smallest absolute Gasteiger partial charge is 0.273 e. The summed E-state index contributed by atoms with van der Waals surface area (Å²) in [5.41, 5.74) is 8.75. The Kier molecular flexibility index (Phi) is 3.17. The average molecular weight is 274 g/mol. The zero-order valence-corrected chi connectivity index (χ0v) is 11.4. The van der Waals surface area contributed by atoms with E-state index in [4.69, 9.17) is 5.73 Å². The molecule has 4 N–H and O–H groups in total. The van der Waals surface area contributed by atoms with Gasteiger partial charge >= 0.3 is 0 Å². The van der Waals surface area contributed by atoms with Crippen LogP contribution in [0.4, 0.5) is 5.69 Å². The van der Waals surface area contributed by atoms with Gasteiger partial charge in [0.15, 0.2) is 5.69 Å². The maximum atomic E-state index is 12.0. The molecule has 3 rings (SSSR count). The van der Waals surface area contributed by atoms with E-state index in [0.717, 1.165) is 30.5 Å². The fourth-order valence-corrected chi connectivity index (χ4v) is 2.23. The van der Waals surface area contributed by atoms with Gasteiger partial charge in [-0.05, 0) is 24.8 Å². The van der Waals surface area contributed by atoms with Gasteiger partial charge in [-0.2, -0.15) is 10.2 Å². The van der Waals surface area contributed by atoms with Crippen molar-refractivity contribution in [1.29, 1.82) is 0 Å². The van der Waals surface area contributed by atoms with Crippen molar-refractivity contribution < 1.29 is 4.79 Å². The first-order chi connectivity index (χ1) is 9.65. The van der Waals surface area contributed by atoms with Gasteiger partial charge in [-0.25, -0.2) is 0 Å². The van der Waals surface area contributed by atoms with E-state index >= 15 is 0 Å². The number of hydrogen-bond donors (Lipinski definition) is 3. The molecule has 0 atom stereocenters. The van der Waals surface area contributed by atoms with Crippen LogP contribution in [0.25, 0.3) is 0 Å². The zero-order chi connectivity index (χ0) is 14.1. The summed E-state index contributed by atoms with van der Waals surface area (Å²) in [4.78, 5) is 12.0. The predicted octanol–water partition coefficient (Wildman–Crippen LogP) is 0.575. The number of rotatable bonds is 5. The number of aryl methyl sites for hydroxylation is 1. The second-order valence-corrected chi connectivity index (χ2v) is 5.20. The molecule has 2 aromatic rings. The van der Waals surface area contributed by atoms with E-state index in [0.29, 0.717) is 23.8 Å². The van der Waals surface area contributed by atoms with Crippen molar-refractivity contribution >= 4 is 11.6 Å². The first kappa shape index (κ1) is 12.7.